The molecule has 2 aromatic carbocycles. The molecule has 0 saturated carbocycles. The Bertz CT molecular complexity index is 1980. The number of carbonyl (C=O) groups is 6. The molecule has 0 aliphatic carbocycles. The minimum absolute atomic E-state index is 0.181. The molecule has 4 aromatic rings. The van der Waals surface area contributed by atoms with Crippen molar-refractivity contribution in [2.75, 3.05) is 0 Å². The van der Waals surface area contributed by atoms with E-state index in [1.165, 1.54) is 6.07 Å². The number of amides is 4. The van der Waals surface area contributed by atoms with Gasteiger partial charge in [-0.2, -0.15) is 0 Å². The van der Waals surface area contributed by atoms with E-state index in [2.05, 4.69) is 36.6 Å². The van der Waals surface area contributed by atoms with Crippen LogP contribution in [0.2, 0.25) is 0 Å². The maximum atomic E-state index is 12.9. The standard InChI is InChI=1S/C19H22BrNO6.C10H18O5.C9H6BrNO2/c1-18(2,3)26-16(23)21(17(24)27-19(4,5)6)15(22)14-10-11-9-12(20)7-8-13(11)25-14;1-9(2,3)14-7(11)13-8(12)15-10(4,5)6;10-6-1-2-7-5(3-6)4-8(13-7)9(11)12/h7-10H,1-6H3;1-6H3;1-4H,(H2,11,12). The minimum Gasteiger partial charge on any atom is -0.451 e. The molecule has 55 heavy (non-hydrogen) atoms. The number of hydrogen-bond donors (Lipinski definition) is 1. The summed E-state index contributed by atoms with van der Waals surface area (Å²) in [5.74, 6) is -1.51. The van der Waals surface area contributed by atoms with E-state index in [0.29, 0.717) is 21.5 Å². The van der Waals surface area contributed by atoms with Crippen LogP contribution >= 0.6 is 31.9 Å². The number of fused-ring (bicyclic) bond motifs is 2. The van der Waals surface area contributed by atoms with E-state index in [4.69, 9.17) is 33.5 Å². The maximum absolute atomic E-state index is 12.9. The Kier molecular flexibility index (Phi) is 15.3. The zero-order valence-corrected chi connectivity index (χ0v) is 35.9. The van der Waals surface area contributed by atoms with Crippen LogP contribution in [0.5, 0.6) is 0 Å². The molecule has 0 bridgehead atoms. The number of ether oxygens (including phenoxy) is 5. The van der Waals surface area contributed by atoms with Crippen molar-refractivity contribution in [3.05, 3.63) is 69.0 Å². The maximum Gasteiger partial charge on any atom is 0.519 e. The summed E-state index contributed by atoms with van der Waals surface area (Å²) >= 11 is 6.66. The Labute approximate surface area is 335 Å². The van der Waals surface area contributed by atoms with Crippen LogP contribution in [0, 0.1) is 0 Å². The summed E-state index contributed by atoms with van der Waals surface area (Å²) in [5.41, 5.74) is 2.97. The zero-order valence-electron chi connectivity index (χ0n) is 32.7. The van der Waals surface area contributed by atoms with Gasteiger partial charge in [-0.25, -0.2) is 19.2 Å². The molecule has 4 amide bonds. The molecular formula is C38H46Br2N2O13. The van der Waals surface area contributed by atoms with Crippen molar-refractivity contribution in [3.8, 4) is 0 Å². The van der Waals surface area contributed by atoms with Crippen molar-refractivity contribution in [1.82, 2.24) is 4.90 Å². The van der Waals surface area contributed by atoms with Crippen molar-refractivity contribution in [2.24, 2.45) is 5.73 Å². The van der Waals surface area contributed by atoms with Crippen LogP contribution < -0.4 is 5.73 Å². The molecule has 2 aromatic heterocycles. The number of hydrogen-bond acceptors (Lipinski definition) is 13. The van der Waals surface area contributed by atoms with Crippen LogP contribution in [0.15, 0.2) is 66.3 Å². The SMILES string of the molecule is CC(C)(C)OC(=O)N(C(=O)OC(C)(C)C)C(=O)c1cc2cc(Br)ccc2o1.CC(C)(C)OC(=O)OC(=O)OC(C)(C)C.NC(=O)c1cc2cc(Br)ccc2o1. The van der Waals surface area contributed by atoms with Gasteiger partial charge in [0.1, 0.15) is 33.6 Å². The second kappa shape index (κ2) is 18.2. The van der Waals surface area contributed by atoms with E-state index in [9.17, 15) is 28.8 Å². The van der Waals surface area contributed by atoms with Gasteiger partial charge in [0.25, 0.3) is 5.91 Å². The Morgan fingerprint density at radius 1 is 0.545 bits per heavy atom. The highest BCUT2D eigenvalue weighted by Gasteiger charge is 2.38. The first-order valence-electron chi connectivity index (χ1n) is 16.6. The van der Waals surface area contributed by atoms with E-state index in [-0.39, 0.29) is 11.5 Å². The van der Waals surface area contributed by atoms with Gasteiger partial charge in [0.05, 0.1) is 0 Å². The number of imide groups is 3. The number of carbonyl (C=O) groups excluding carboxylic acids is 6. The first kappa shape index (κ1) is 46.3. The molecule has 17 heteroatoms. The second-order valence-corrected chi connectivity index (χ2v) is 17.4. The third-order valence-electron chi connectivity index (χ3n) is 5.71. The van der Waals surface area contributed by atoms with Crippen LogP contribution in [0.3, 0.4) is 0 Å². The molecule has 0 fully saturated rings. The second-order valence-electron chi connectivity index (χ2n) is 15.6. The molecule has 2 heterocycles. The lowest BCUT2D eigenvalue weighted by atomic mass is 10.2. The van der Waals surface area contributed by atoms with Gasteiger partial charge >= 0.3 is 30.4 Å². The topological polar surface area (TPSA) is 204 Å². The van der Waals surface area contributed by atoms with Crippen molar-refractivity contribution in [1.29, 1.82) is 0 Å². The normalized spacial score (nSPS) is 11.6. The number of primary amides is 1. The Morgan fingerprint density at radius 3 is 1.24 bits per heavy atom. The Balaban J connectivity index is 0.000000314. The Morgan fingerprint density at radius 2 is 0.891 bits per heavy atom. The Hall–Kier alpha value is -4.90. The molecule has 0 aliphatic heterocycles. The predicted molar refractivity (Wildman–Crippen MR) is 209 cm³/mol. The van der Waals surface area contributed by atoms with Crippen molar-refractivity contribution >= 4 is 90.1 Å². The lowest BCUT2D eigenvalue weighted by Crippen LogP contribution is -2.46. The van der Waals surface area contributed by atoms with Gasteiger partial charge in [-0.3, -0.25) is 9.59 Å². The van der Waals surface area contributed by atoms with E-state index >= 15 is 0 Å². The number of benzene rings is 2. The molecule has 0 spiro atoms. The highest BCUT2D eigenvalue weighted by Crippen LogP contribution is 2.26. The van der Waals surface area contributed by atoms with Crippen LogP contribution in [-0.4, -0.2) is 63.6 Å². The lowest BCUT2D eigenvalue weighted by Gasteiger charge is -2.27. The van der Waals surface area contributed by atoms with Gasteiger partial charge < -0.3 is 38.3 Å². The number of rotatable bonds is 2. The van der Waals surface area contributed by atoms with Crippen LogP contribution in [-0.2, 0) is 23.7 Å². The number of nitrogens with zero attached hydrogens (tertiary/aromatic N) is 1. The smallest absolute Gasteiger partial charge is 0.451 e. The van der Waals surface area contributed by atoms with Crippen molar-refractivity contribution < 1.29 is 61.3 Å². The molecule has 0 unspecified atom stereocenters. The van der Waals surface area contributed by atoms with Gasteiger partial charge in [-0.15, -0.1) is 4.90 Å². The third kappa shape index (κ3) is 16.6. The zero-order chi connectivity index (χ0) is 42.3. The van der Waals surface area contributed by atoms with Gasteiger partial charge in [0.2, 0.25) is 0 Å². The number of nitrogens with two attached hydrogens (primary N) is 1. The molecule has 0 aliphatic rings. The quantitative estimate of drug-likeness (QED) is 0.113. The summed E-state index contributed by atoms with van der Waals surface area (Å²) in [7, 11) is 0. The summed E-state index contributed by atoms with van der Waals surface area (Å²) in [4.78, 5) is 71.0. The monoisotopic (exact) mass is 896 g/mol. The average Bonchev–Trinajstić information content (AvgIpc) is 3.58. The fourth-order valence-electron chi connectivity index (χ4n) is 3.83. The van der Waals surface area contributed by atoms with E-state index < -0.39 is 58.7 Å². The molecule has 300 valence electrons. The molecular weight excluding hydrogens is 852 g/mol. The molecule has 15 nitrogen and oxygen atoms in total. The predicted octanol–water partition coefficient (Wildman–Crippen LogP) is 10.7. The van der Waals surface area contributed by atoms with Gasteiger partial charge in [-0.1, -0.05) is 31.9 Å². The van der Waals surface area contributed by atoms with E-state index in [1.807, 2.05) is 12.1 Å². The highest BCUT2D eigenvalue weighted by molar-refractivity contribution is 9.10. The van der Waals surface area contributed by atoms with Crippen molar-refractivity contribution in [2.45, 2.75) is 105 Å². The highest BCUT2D eigenvalue weighted by atomic mass is 79.9. The molecule has 0 atom stereocenters. The lowest BCUT2D eigenvalue weighted by molar-refractivity contribution is -0.0296. The van der Waals surface area contributed by atoms with Crippen LogP contribution in [0.4, 0.5) is 19.2 Å². The fraction of sp³-hybridized carbons (Fsp3) is 0.421. The van der Waals surface area contributed by atoms with Gasteiger partial charge in [0, 0.05) is 19.7 Å². The van der Waals surface area contributed by atoms with Gasteiger partial charge in [0.15, 0.2) is 11.5 Å². The number of halogens is 2. The first-order valence-corrected chi connectivity index (χ1v) is 18.1. The molecule has 0 saturated heterocycles. The summed E-state index contributed by atoms with van der Waals surface area (Å²) in [6.45, 7) is 19.8. The van der Waals surface area contributed by atoms with E-state index in [1.54, 1.807) is 113 Å². The van der Waals surface area contributed by atoms with Crippen LogP contribution in [0.25, 0.3) is 21.9 Å². The average molecular weight is 899 g/mol. The van der Waals surface area contributed by atoms with Gasteiger partial charge in [-0.05, 0) is 132 Å². The summed E-state index contributed by atoms with van der Waals surface area (Å²) in [5, 5.41) is 1.50. The van der Waals surface area contributed by atoms with E-state index in [0.717, 1.165) is 14.3 Å². The summed E-state index contributed by atoms with van der Waals surface area (Å²) in [6, 6.07) is 13.7. The first-order chi connectivity index (χ1) is 24.9. The minimum atomic E-state index is -1.14. The molecule has 4 rings (SSSR count). The fourth-order valence-corrected chi connectivity index (χ4v) is 4.59. The number of furan rings is 2. The third-order valence-corrected chi connectivity index (χ3v) is 6.70. The molecule has 2 N–H and O–H groups in total. The summed E-state index contributed by atoms with van der Waals surface area (Å²) < 4.78 is 36.6. The summed E-state index contributed by atoms with van der Waals surface area (Å²) in [6.07, 6.45) is -4.39. The largest absolute Gasteiger partial charge is 0.519 e. The van der Waals surface area contributed by atoms with Crippen LogP contribution in [0.1, 0.15) is 104 Å². The molecule has 0 radical (unpaired) electrons. The van der Waals surface area contributed by atoms with Crippen molar-refractivity contribution in [3.63, 3.8) is 0 Å².